The highest BCUT2D eigenvalue weighted by molar-refractivity contribution is 6.02. The number of allylic oxidation sites excluding steroid dienone is 1. The summed E-state index contributed by atoms with van der Waals surface area (Å²) in [5.74, 6) is -0.390. The molecule has 65 heavy (non-hydrogen) atoms. The zero-order chi connectivity index (χ0) is 45.9. The van der Waals surface area contributed by atoms with Crippen LogP contribution in [0.2, 0.25) is 0 Å². The lowest BCUT2D eigenvalue weighted by atomic mass is 9.55. The Morgan fingerprint density at radius 2 is 1.72 bits per heavy atom. The number of aromatic nitrogens is 1. The second-order valence-corrected chi connectivity index (χ2v) is 18.6. The zero-order valence-corrected chi connectivity index (χ0v) is 39.8. The molecule has 1 saturated carbocycles. The maximum absolute atomic E-state index is 14.3. The number of fused-ring (bicyclic) bond motifs is 2. The molecule has 7 unspecified atom stereocenters. The zero-order valence-electron chi connectivity index (χ0n) is 39.8. The summed E-state index contributed by atoms with van der Waals surface area (Å²) in [6, 6.07) is 11.3. The molecule has 0 radical (unpaired) electrons. The van der Waals surface area contributed by atoms with Crippen molar-refractivity contribution in [3.63, 3.8) is 0 Å². The Morgan fingerprint density at radius 1 is 0.969 bits per heavy atom. The predicted molar refractivity (Wildman–Crippen MR) is 254 cm³/mol. The fraction of sp³-hybridized carbons (Fsp3) is 0.679. The molecule has 12 heteroatoms. The van der Waals surface area contributed by atoms with Gasteiger partial charge in [-0.3, -0.25) is 4.98 Å². The smallest absolute Gasteiger partial charge is 0.409 e. The Balaban J connectivity index is 1.37. The highest BCUT2D eigenvalue weighted by Crippen LogP contribution is 2.62. The van der Waals surface area contributed by atoms with E-state index in [1.807, 2.05) is 37.3 Å². The van der Waals surface area contributed by atoms with Crippen LogP contribution in [-0.2, 0) is 25.7 Å². The molecule has 360 valence electrons. The lowest BCUT2D eigenvalue weighted by Crippen LogP contribution is -2.69. The van der Waals surface area contributed by atoms with E-state index in [9.17, 15) is 15.0 Å². The summed E-state index contributed by atoms with van der Waals surface area (Å²) < 4.78 is 32.9. The number of hydrogen-bond acceptors (Lipinski definition) is 11. The van der Waals surface area contributed by atoms with Gasteiger partial charge in [-0.2, -0.15) is 0 Å². The molecule has 1 amide bonds. The maximum Gasteiger partial charge on any atom is 0.409 e. The van der Waals surface area contributed by atoms with Gasteiger partial charge in [0, 0.05) is 50.3 Å². The third-order valence-electron chi connectivity index (χ3n) is 13.9. The average Bonchev–Trinajstić information content (AvgIpc) is 3.32. The van der Waals surface area contributed by atoms with Gasteiger partial charge in [0.15, 0.2) is 0 Å². The van der Waals surface area contributed by atoms with Gasteiger partial charge in [0.25, 0.3) is 0 Å². The summed E-state index contributed by atoms with van der Waals surface area (Å²) in [7, 11) is 1.78. The van der Waals surface area contributed by atoms with Gasteiger partial charge >= 0.3 is 6.09 Å². The number of likely N-dealkylation sites (N-methyl/N-ethyl adjacent to an activating group) is 1. The van der Waals surface area contributed by atoms with Crippen LogP contribution in [-0.4, -0.2) is 90.1 Å². The number of ether oxygens (including phenoxy) is 5. The minimum atomic E-state index is -1.36. The van der Waals surface area contributed by atoms with Gasteiger partial charge in [-0.05, 0) is 99.6 Å². The number of aryl methyl sites for hydroxylation is 1. The van der Waals surface area contributed by atoms with Crippen molar-refractivity contribution in [2.24, 2.45) is 22.9 Å². The molecule has 2 N–H and O–H groups in total. The van der Waals surface area contributed by atoms with Crippen molar-refractivity contribution in [2.45, 2.75) is 173 Å². The molecular formula is C53H79N3O9. The highest BCUT2D eigenvalue weighted by Gasteiger charge is 2.65. The lowest BCUT2D eigenvalue weighted by molar-refractivity contribution is -0.254. The summed E-state index contributed by atoms with van der Waals surface area (Å²) in [6.45, 7) is 9.95. The molecule has 3 heterocycles. The number of aliphatic hydroxyl groups excluding tert-OH is 2. The van der Waals surface area contributed by atoms with Gasteiger partial charge in [-0.15, -0.1) is 6.58 Å². The van der Waals surface area contributed by atoms with Crippen molar-refractivity contribution in [3.05, 3.63) is 77.7 Å². The standard InChI is InChI=1S/C53H79N3O9/c1-5-7-8-9-10-11-12-13-14-20-34-61-52(59)56(4)48-37-46(55-65-49-27-17-21-33-60-49)44-35-40(24-15-18-30-57)43(26-16-19-31-58)50-45-36-42(62-38-41-25-22-23-39(3)54-41)28-29-47(45)64-53(48,51(44)50)63-32-6-2/h6,22-23,25,28-29,35-36,40,43,48-51,57-58H,2,5,7-21,24,26-27,30-34,37-38H2,1,3-4H3. The number of benzene rings is 1. The third kappa shape index (κ3) is 13.6. The largest absolute Gasteiger partial charge is 0.487 e. The second-order valence-electron chi connectivity index (χ2n) is 18.6. The summed E-state index contributed by atoms with van der Waals surface area (Å²) in [5.41, 5.74) is 4.47. The number of pyridine rings is 1. The van der Waals surface area contributed by atoms with Crippen molar-refractivity contribution >= 4 is 11.8 Å². The SMILES string of the molecule is C=CCOC12Oc3ccc(OCc4cccc(C)n4)cc3C3C(CCCCO)C(CCCCO)C=C(C(=NOC4CCCCO4)CC1N(C)C(=O)OCCCCCCCCCCCC)C32. The van der Waals surface area contributed by atoms with E-state index < -0.39 is 30.1 Å². The fourth-order valence-electron chi connectivity index (χ4n) is 10.5. The van der Waals surface area contributed by atoms with E-state index in [1.54, 1.807) is 18.0 Å². The molecule has 12 nitrogen and oxygen atoms in total. The Morgan fingerprint density at radius 3 is 2.43 bits per heavy atom. The number of oxime groups is 1. The number of carbonyl (C=O) groups excluding carboxylic acids is 1. The quantitative estimate of drug-likeness (QED) is 0.0481. The van der Waals surface area contributed by atoms with Gasteiger partial charge < -0.3 is 43.6 Å². The number of unbranched alkanes of at least 4 members (excludes halogenated alkanes) is 11. The molecule has 4 aliphatic rings. The molecule has 6 rings (SSSR count). The molecule has 1 aromatic heterocycles. The third-order valence-corrected chi connectivity index (χ3v) is 13.9. The summed E-state index contributed by atoms with van der Waals surface area (Å²) >= 11 is 0. The molecule has 1 aromatic carbocycles. The van der Waals surface area contributed by atoms with E-state index in [-0.39, 0.29) is 37.6 Å². The minimum Gasteiger partial charge on any atom is -0.487 e. The van der Waals surface area contributed by atoms with Gasteiger partial charge in [-0.25, -0.2) is 4.79 Å². The van der Waals surface area contributed by atoms with Crippen LogP contribution in [0.3, 0.4) is 0 Å². The van der Waals surface area contributed by atoms with Gasteiger partial charge in [-0.1, -0.05) is 101 Å². The predicted octanol–water partition coefficient (Wildman–Crippen LogP) is 11.1. The molecule has 2 aliphatic heterocycles. The van der Waals surface area contributed by atoms with Crippen LogP contribution in [0.25, 0.3) is 0 Å². The van der Waals surface area contributed by atoms with E-state index in [2.05, 4.69) is 30.6 Å². The summed E-state index contributed by atoms with van der Waals surface area (Å²) in [4.78, 5) is 26.9. The molecule has 2 fully saturated rings. The number of carbonyl (C=O) groups is 1. The summed E-state index contributed by atoms with van der Waals surface area (Å²) in [5, 5.41) is 24.8. The Labute approximate surface area is 389 Å². The summed E-state index contributed by atoms with van der Waals surface area (Å²) in [6.07, 6.45) is 22.9. The fourth-order valence-corrected chi connectivity index (χ4v) is 10.5. The molecule has 0 bridgehead atoms. The van der Waals surface area contributed by atoms with Crippen LogP contribution in [0.4, 0.5) is 4.79 Å². The monoisotopic (exact) mass is 902 g/mol. The molecule has 2 aliphatic carbocycles. The number of hydrogen-bond donors (Lipinski definition) is 2. The number of rotatable bonds is 28. The van der Waals surface area contributed by atoms with Gasteiger partial charge in [0.05, 0.1) is 37.1 Å². The van der Waals surface area contributed by atoms with Gasteiger partial charge in [0.1, 0.15) is 24.1 Å². The molecular weight excluding hydrogens is 823 g/mol. The van der Waals surface area contributed by atoms with E-state index in [4.69, 9.17) is 33.7 Å². The van der Waals surface area contributed by atoms with Crippen LogP contribution in [0, 0.1) is 24.7 Å². The first-order valence-electron chi connectivity index (χ1n) is 25.1. The first kappa shape index (κ1) is 50.4. The van der Waals surface area contributed by atoms with Crippen molar-refractivity contribution in [1.82, 2.24) is 9.88 Å². The van der Waals surface area contributed by atoms with Gasteiger partial charge in [0.2, 0.25) is 12.1 Å². The van der Waals surface area contributed by atoms with E-state index >= 15 is 0 Å². The number of nitrogens with zero attached hydrogens (tertiary/aromatic N) is 3. The van der Waals surface area contributed by atoms with Crippen molar-refractivity contribution in [2.75, 3.05) is 40.1 Å². The first-order valence-corrected chi connectivity index (χ1v) is 25.1. The Hall–Kier alpha value is -3.97. The van der Waals surface area contributed by atoms with E-state index in [1.165, 1.54) is 44.9 Å². The molecule has 2 aromatic rings. The molecule has 0 spiro atoms. The number of amides is 1. The van der Waals surface area contributed by atoms with Crippen LogP contribution in [0.1, 0.15) is 158 Å². The normalized spacial score (nSPS) is 25.2. The lowest BCUT2D eigenvalue weighted by Gasteiger charge is -2.59. The maximum atomic E-state index is 14.3. The van der Waals surface area contributed by atoms with Crippen LogP contribution in [0.5, 0.6) is 11.5 Å². The minimum absolute atomic E-state index is 0.0910. The average molecular weight is 902 g/mol. The first-order chi connectivity index (χ1) is 31.8. The Kier molecular flexibility index (Phi) is 20.5. The van der Waals surface area contributed by atoms with Crippen LogP contribution in [0.15, 0.2) is 65.9 Å². The van der Waals surface area contributed by atoms with Crippen molar-refractivity contribution < 1.29 is 43.5 Å². The van der Waals surface area contributed by atoms with Crippen LogP contribution < -0.4 is 9.47 Å². The number of aliphatic hydroxyl groups is 2. The Bertz CT molecular complexity index is 1830. The van der Waals surface area contributed by atoms with E-state index in [0.717, 1.165) is 92.4 Å². The van der Waals surface area contributed by atoms with Crippen molar-refractivity contribution in [3.8, 4) is 11.5 Å². The molecule has 1 saturated heterocycles. The molecule has 7 atom stereocenters. The topological polar surface area (TPSA) is 141 Å². The highest BCUT2D eigenvalue weighted by atomic mass is 16.8. The van der Waals surface area contributed by atoms with Crippen molar-refractivity contribution in [1.29, 1.82) is 0 Å². The van der Waals surface area contributed by atoms with E-state index in [0.29, 0.717) is 50.6 Å². The van der Waals surface area contributed by atoms with Crippen LogP contribution >= 0.6 is 0 Å². The second kappa shape index (κ2) is 26.4.